The van der Waals surface area contributed by atoms with Gasteiger partial charge in [0.25, 0.3) is 0 Å². The molecule has 0 aliphatic rings. The summed E-state index contributed by atoms with van der Waals surface area (Å²) in [5.41, 5.74) is 3.32. The number of carboxylic acids is 1. The Morgan fingerprint density at radius 3 is 2.42 bits per heavy atom. The summed E-state index contributed by atoms with van der Waals surface area (Å²) in [5.74, 6) is -0.944. The molecule has 2 aromatic rings. The molecule has 1 aromatic carbocycles. The maximum absolute atomic E-state index is 10.9. The van der Waals surface area contributed by atoms with Crippen LogP contribution in [-0.4, -0.2) is 27.1 Å². The van der Waals surface area contributed by atoms with E-state index in [1.54, 1.807) is 35.9 Å². The van der Waals surface area contributed by atoms with Crippen molar-refractivity contribution in [2.75, 3.05) is 0 Å². The normalized spacial score (nSPS) is 10.4. The Bertz CT molecular complexity index is 627. The molecular formula is C14H14N2O3. The van der Waals surface area contributed by atoms with Crippen LogP contribution in [0.2, 0.25) is 0 Å². The van der Waals surface area contributed by atoms with Gasteiger partial charge in [0.2, 0.25) is 0 Å². The molecule has 0 unspecified atom stereocenters. The molecule has 0 saturated heterocycles. The lowest BCUT2D eigenvalue weighted by Crippen LogP contribution is -2.05. The Morgan fingerprint density at radius 2 is 1.95 bits per heavy atom. The first-order valence-electron chi connectivity index (χ1n) is 5.84. The van der Waals surface area contributed by atoms with Crippen LogP contribution in [0.15, 0.2) is 24.3 Å². The average molecular weight is 258 g/mol. The monoisotopic (exact) mass is 258 g/mol. The third-order valence-corrected chi connectivity index (χ3v) is 3.09. The van der Waals surface area contributed by atoms with Crippen LogP contribution < -0.4 is 0 Å². The number of carbonyl (C=O) groups is 2. The summed E-state index contributed by atoms with van der Waals surface area (Å²) in [7, 11) is 0. The van der Waals surface area contributed by atoms with Crippen molar-refractivity contribution < 1.29 is 14.7 Å². The molecule has 0 amide bonds. The minimum absolute atomic E-state index is 0.255. The number of rotatable bonds is 4. The predicted octanol–water partition coefficient (Wildman–Crippen LogP) is 2.06. The van der Waals surface area contributed by atoms with Gasteiger partial charge in [-0.25, -0.2) is 4.79 Å². The molecule has 0 spiro atoms. The number of aryl methyl sites for hydroxylation is 1. The number of aromatic nitrogens is 2. The van der Waals surface area contributed by atoms with Gasteiger partial charge >= 0.3 is 5.97 Å². The van der Waals surface area contributed by atoms with Crippen molar-refractivity contribution in [1.29, 1.82) is 0 Å². The molecule has 0 aliphatic heterocycles. The minimum Gasteiger partial charge on any atom is -0.478 e. The first-order chi connectivity index (χ1) is 9.02. The molecule has 2 rings (SSSR count). The highest BCUT2D eigenvalue weighted by Gasteiger charge is 2.11. The van der Waals surface area contributed by atoms with Crippen molar-refractivity contribution in [3.05, 3.63) is 52.3 Å². The molecule has 19 heavy (non-hydrogen) atoms. The number of carbonyl (C=O) groups excluding carboxylic acids is 1. The summed E-state index contributed by atoms with van der Waals surface area (Å²) in [5, 5.41) is 13.1. The van der Waals surface area contributed by atoms with Crippen LogP contribution >= 0.6 is 0 Å². The lowest BCUT2D eigenvalue weighted by atomic mass is 10.1. The standard InChI is InChI=1S/C14H14N2O3/c1-9-13(8-17)10(2)16(15-9)7-11-3-5-12(6-4-11)14(18)19/h3-6,8H,7H2,1-2H3,(H,18,19). The molecule has 0 saturated carbocycles. The summed E-state index contributed by atoms with van der Waals surface area (Å²) in [6, 6.07) is 6.62. The highest BCUT2D eigenvalue weighted by molar-refractivity contribution is 5.87. The highest BCUT2D eigenvalue weighted by Crippen LogP contribution is 2.13. The van der Waals surface area contributed by atoms with E-state index in [0.717, 1.165) is 17.5 Å². The van der Waals surface area contributed by atoms with Gasteiger partial charge < -0.3 is 5.11 Å². The summed E-state index contributed by atoms with van der Waals surface area (Å²) in [6.07, 6.45) is 0.807. The van der Waals surface area contributed by atoms with Crippen LogP contribution in [0.3, 0.4) is 0 Å². The molecule has 0 atom stereocenters. The zero-order chi connectivity index (χ0) is 14.0. The second kappa shape index (κ2) is 5.06. The number of hydrogen-bond donors (Lipinski definition) is 1. The van der Waals surface area contributed by atoms with Crippen molar-refractivity contribution in [2.24, 2.45) is 0 Å². The maximum atomic E-state index is 10.9. The van der Waals surface area contributed by atoms with E-state index in [9.17, 15) is 9.59 Å². The van der Waals surface area contributed by atoms with E-state index >= 15 is 0 Å². The zero-order valence-electron chi connectivity index (χ0n) is 10.8. The summed E-state index contributed by atoms with van der Waals surface area (Å²) >= 11 is 0. The third-order valence-electron chi connectivity index (χ3n) is 3.09. The van der Waals surface area contributed by atoms with Crippen molar-refractivity contribution >= 4 is 12.3 Å². The van der Waals surface area contributed by atoms with E-state index in [1.165, 1.54) is 0 Å². The van der Waals surface area contributed by atoms with Crippen molar-refractivity contribution in [3.8, 4) is 0 Å². The van der Waals surface area contributed by atoms with E-state index in [-0.39, 0.29) is 5.56 Å². The Kier molecular flexibility index (Phi) is 3.46. The summed E-state index contributed by atoms with van der Waals surface area (Å²) in [6.45, 7) is 4.15. The number of aromatic carboxylic acids is 1. The van der Waals surface area contributed by atoms with Crippen molar-refractivity contribution in [2.45, 2.75) is 20.4 Å². The van der Waals surface area contributed by atoms with Gasteiger partial charge in [0, 0.05) is 5.69 Å². The molecule has 0 fully saturated rings. The lowest BCUT2D eigenvalue weighted by Gasteiger charge is -2.05. The molecule has 5 heteroatoms. The zero-order valence-corrected chi connectivity index (χ0v) is 10.8. The van der Waals surface area contributed by atoms with E-state index < -0.39 is 5.97 Å². The number of aldehydes is 1. The Hall–Kier alpha value is -2.43. The maximum Gasteiger partial charge on any atom is 0.335 e. The van der Waals surface area contributed by atoms with Crippen LogP contribution in [0.1, 0.15) is 37.7 Å². The van der Waals surface area contributed by atoms with Crippen molar-refractivity contribution in [1.82, 2.24) is 9.78 Å². The quantitative estimate of drug-likeness (QED) is 0.852. The van der Waals surface area contributed by atoms with Gasteiger partial charge in [-0.1, -0.05) is 12.1 Å². The first-order valence-corrected chi connectivity index (χ1v) is 5.84. The molecular weight excluding hydrogens is 244 g/mol. The van der Waals surface area contributed by atoms with Gasteiger partial charge in [-0.05, 0) is 31.5 Å². The van der Waals surface area contributed by atoms with Gasteiger partial charge in [0.05, 0.1) is 23.4 Å². The van der Waals surface area contributed by atoms with E-state index in [4.69, 9.17) is 5.11 Å². The summed E-state index contributed by atoms with van der Waals surface area (Å²) < 4.78 is 1.74. The number of carboxylic acid groups (broad SMARTS) is 1. The van der Waals surface area contributed by atoms with Gasteiger partial charge in [-0.15, -0.1) is 0 Å². The Morgan fingerprint density at radius 1 is 1.32 bits per heavy atom. The van der Waals surface area contributed by atoms with Gasteiger partial charge in [0.1, 0.15) is 0 Å². The molecule has 5 nitrogen and oxygen atoms in total. The molecule has 1 N–H and O–H groups in total. The molecule has 1 heterocycles. The van der Waals surface area contributed by atoms with Crippen LogP contribution in [0.25, 0.3) is 0 Å². The second-order valence-corrected chi connectivity index (χ2v) is 4.36. The molecule has 1 aromatic heterocycles. The van der Waals surface area contributed by atoms with E-state index in [1.807, 2.05) is 6.92 Å². The van der Waals surface area contributed by atoms with Gasteiger partial charge in [-0.2, -0.15) is 5.10 Å². The average Bonchev–Trinajstić information content (AvgIpc) is 2.64. The van der Waals surface area contributed by atoms with Crippen LogP contribution in [0, 0.1) is 13.8 Å². The van der Waals surface area contributed by atoms with Gasteiger partial charge in [-0.3, -0.25) is 9.48 Å². The van der Waals surface area contributed by atoms with E-state index in [0.29, 0.717) is 17.8 Å². The molecule has 0 radical (unpaired) electrons. The van der Waals surface area contributed by atoms with Crippen LogP contribution in [0.4, 0.5) is 0 Å². The predicted molar refractivity (Wildman–Crippen MR) is 69.6 cm³/mol. The number of nitrogens with zero attached hydrogens (tertiary/aromatic N) is 2. The van der Waals surface area contributed by atoms with Crippen LogP contribution in [0.5, 0.6) is 0 Å². The number of hydrogen-bond acceptors (Lipinski definition) is 3. The fraction of sp³-hybridized carbons (Fsp3) is 0.214. The molecule has 98 valence electrons. The Labute approximate surface area is 110 Å². The van der Waals surface area contributed by atoms with Crippen LogP contribution in [-0.2, 0) is 6.54 Å². The smallest absolute Gasteiger partial charge is 0.335 e. The molecule has 0 aliphatic carbocycles. The largest absolute Gasteiger partial charge is 0.478 e. The first kappa shape index (κ1) is 13.0. The van der Waals surface area contributed by atoms with Gasteiger partial charge in [0.15, 0.2) is 6.29 Å². The lowest BCUT2D eigenvalue weighted by molar-refractivity contribution is 0.0696. The number of benzene rings is 1. The fourth-order valence-electron chi connectivity index (χ4n) is 1.96. The topological polar surface area (TPSA) is 72.2 Å². The fourth-order valence-corrected chi connectivity index (χ4v) is 1.96. The second-order valence-electron chi connectivity index (χ2n) is 4.36. The van der Waals surface area contributed by atoms with Crippen molar-refractivity contribution in [3.63, 3.8) is 0 Å². The third kappa shape index (κ3) is 2.54. The summed E-state index contributed by atoms with van der Waals surface area (Å²) in [4.78, 5) is 21.7. The highest BCUT2D eigenvalue weighted by atomic mass is 16.4. The molecule has 0 bridgehead atoms. The van der Waals surface area contributed by atoms with E-state index in [2.05, 4.69) is 5.10 Å². The SMILES string of the molecule is Cc1nn(Cc2ccc(C(=O)O)cc2)c(C)c1C=O. The minimum atomic E-state index is -0.944. The Balaban J connectivity index is 2.26.